The quantitative estimate of drug-likeness (QED) is 0.540. The second kappa shape index (κ2) is 7.52. The first-order valence-electron chi connectivity index (χ1n) is 8.92. The van der Waals surface area contributed by atoms with E-state index in [9.17, 15) is 9.18 Å². The fourth-order valence-electron chi connectivity index (χ4n) is 3.20. The number of fused-ring (bicyclic) bond motifs is 1. The number of halogens is 1. The zero-order chi connectivity index (χ0) is 19.5. The molecule has 2 N–H and O–H groups in total. The maximum atomic E-state index is 13.6. The number of hydrogen-bond acceptors (Lipinski definition) is 3. The fraction of sp³-hybridized carbons (Fsp3) is 0.0909. The summed E-state index contributed by atoms with van der Waals surface area (Å²) in [4.78, 5) is 17.2. The van der Waals surface area contributed by atoms with Crippen LogP contribution < -0.4 is 10.6 Å². The van der Waals surface area contributed by atoms with Crippen LogP contribution in [0.5, 0.6) is 0 Å². The number of para-hydroxylation sites is 1. The second-order valence-electron chi connectivity index (χ2n) is 6.44. The Labute approximate surface area is 161 Å². The predicted molar refractivity (Wildman–Crippen MR) is 109 cm³/mol. The number of carbonyl (C=O) groups excluding carboxylic acids is 1. The average molecular weight is 374 g/mol. The summed E-state index contributed by atoms with van der Waals surface area (Å²) < 4.78 is 15.5. The number of carbonyl (C=O) groups is 1. The number of nitrogens with zero attached hydrogens (tertiary/aromatic N) is 2. The molecule has 0 aliphatic carbocycles. The third-order valence-electron chi connectivity index (χ3n) is 4.55. The van der Waals surface area contributed by atoms with Crippen LogP contribution in [0.15, 0.2) is 72.9 Å². The largest absolute Gasteiger partial charge is 0.373 e. The van der Waals surface area contributed by atoms with Crippen LogP contribution in [-0.2, 0) is 6.54 Å². The number of rotatable bonds is 5. The Kier molecular flexibility index (Phi) is 4.76. The van der Waals surface area contributed by atoms with E-state index in [-0.39, 0.29) is 11.7 Å². The fourth-order valence-corrected chi connectivity index (χ4v) is 3.20. The van der Waals surface area contributed by atoms with Gasteiger partial charge in [-0.25, -0.2) is 9.37 Å². The van der Waals surface area contributed by atoms with E-state index in [4.69, 9.17) is 0 Å². The van der Waals surface area contributed by atoms with Crippen LogP contribution in [0.3, 0.4) is 0 Å². The van der Waals surface area contributed by atoms with Gasteiger partial charge in [-0.15, -0.1) is 0 Å². The molecule has 0 spiro atoms. The van der Waals surface area contributed by atoms with Crippen molar-refractivity contribution < 1.29 is 9.18 Å². The monoisotopic (exact) mass is 374 g/mol. The minimum atomic E-state index is -0.296. The van der Waals surface area contributed by atoms with Gasteiger partial charge in [0.2, 0.25) is 0 Å². The van der Waals surface area contributed by atoms with E-state index in [1.54, 1.807) is 31.4 Å². The summed E-state index contributed by atoms with van der Waals surface area (Å²) in [5.74, 6) is 0.181. The van der Waals surface area contributed by atoms with Crippen molar-refractivity contribution in [2.75, 3.05) is 17.7 Å². The lowest BCUT2D eigenvalue weighted by molar-refractivity contribution is 0.101. The predicted octanol–water partition coefficient (Wildman–Crippen LogP) is 4.52. The molecule has 0 bridgehead atoms. The first-order chi connectivity index (χ1) is 13.6. The molecule has 4 aromatic rings. The van der Waals surface area contributed by atoms with Crippen LogP contribution in [0.4, 0.5) is 15.9 Å². The maximum Gasteiger partial charge on any atom is 0.272 e. The molecule has 0 saturated heterocycles. The number of amides is 1. The van der Waals surface area contributed by atoms with Crippen molar-refractivity contribution in [1.29, 1.82) is 0 Å². The normalized spacial score (nSPS) is 10.8. The first kappa shape index (κ1) is 17.7. The molecule has 0 aliphatic rings. The molecular formula is C22H19FN4O. The van der Waals surface area contributed by atoms with Gasteiger partial charge in [-0.05, 0) is 42.0 Å². The van der Waals surface area contributed by atoms with Gasteiger partial charge in [-0.3, -0.25) is 4.79 Å². The lowest BCUT2D eigenvalue weighted by Crippen LogP contribution is -2.17. The third-order valence-corrected chi connectivity index (χ3v) is 4.55. The third kappa shape index (κ3) is 3.57. The molecule has 0 atom stereocenters. The highest BCUT2D eigenvalue weighted by molar-refractivity contribution is 6.06. The summed E-state index contributed by atoms with van der Waals surface area (Å²) in [5.41, 5.74) is 2.81. The SMILES string of the molecule is CNc1ccc(NC(=O)c2cc3ccccc3n2Cc2cccc(F)c2)cn1. The number of aromatic nitrogens is 2. The van der Waals surface area contributed by atoms with E-state index in [1.165, 1.54) is 12.1 Å². The molecule has 2 heterocycles. The van der Waals surface area contributed by atoms with Crippen molar-refractivity contribution in [3.63, 3.8) is 0 Å². The van der Waals surface area contributed by atoms with Gasteiger partial charge in [0.1, 0.15) is 17.3 Å². The van der Waals surface area contributed by atoms with E-state index < -0.39 is 0 Å². The van der Waals surface area contributed by atoms with E-state index in [0.29, 0.717) is 17.9 Å². The Morgan fingerprint density at radius 3 is 2.68 bits per heavy atom. The molecule has 140 valence electrons. The average Bonchev–Trinajstić information content (AvgIpc) is 3.07. The van der Waals surface area contributed by atoms with Crippen LogP contribution in [0.1, 0.15) is 16.1 Å². The minimum absolute atomic E-state index is 0.244. The van der Waals surface area contributed by atoms with Crippen LogP contribution in [0.2, 0.25) is 0 Å². The number of hydrogen-bond donors (Lipinski definition) is 2. The lowest BCUT2D eigenvalue weighted by Gasteiger charge is -2.12. The van der Waals surface area contributed by atoms with Crippen molar-refractivity contribution in [1.82, 2.24) is 9.55 Å². The van der Waals surface area contributed by atoms with Gasteiger partial charge in [0.25, 0.3) is 5.91 Å². The molecule has 28 heavy (non-hydrogen) atoms. The molecule has 2 aromatic carbocycles. The molecule has 0 unspecified atom stereocenters. The summed E-state index contributed by atoms with van der Waals surface area (Å²) >= 11 is 0. The van der Waals surface area contributed by atoms with Crippen molar-refractivity contribution in [2.45, 2.75) is 6.54 Å². The van der Waals surface area contributed by atoms with E-state index in [1.807, 2.05) is 41.0 Å². The number of anilines is 2. The maximum absolute atomic E-state index is 13.6. The number of pyridine rings is 1. The van der Waals surface area contributed by atoms with Gasteiger partial charge in [-0.1, -0.05) is 30.3 Å². The molecule has 0 saturated carbocycles. The molecule has 0 aliphatic heterocycles. The van der Waals surface area contributed by atoms with Gasteiger partial charge >= 0.3 is 0 Å². The molecule has 2 aromatic heterocycles. The van der Waals surface area contributed by atoms with Crippen molar-refractivity contribution in [3.8, 4) is 0 Å². The smallest absolute Gasteiger partial charge is 0.272 e. The van der Waals surface area contributed by atoms with Gasteiger partial charge in [-0.2, -0.15) is 0 Å². The molecule has 0 fully saturated rings. The molecule has 1 amide bonds. The van der Waals surface area contributed by atoms with Crippen molar-refractivity contribution >= 4 is 28.3 Å². The standard InChI is InChI=1S/C22H19FN4O/c1-24-21-10-9-18(13-25-21)26-22(28)20-12-16-6-2-3-8-19(16)27(20)14-15-5-4-7-17(23)11-15/h2-13H,14H2,1H3,(H,24,25)(H,26,28). The van der Waals surface area contributed by atoms with E-state index in [0.717, 1.165) is 22.3 Å². The Bertz CT molecular complexity index is 1130. The number of benzene rings is 2. The van der Waals surface area contributed by atoms with Crippen LogP contribution in [0, 0.1) is 5.82 Å². The topological polar surface area (TPSA) is 58.9 Å². The number of nitrogens with one attached hydrogen (secondary N) is 2. The Hall–Kier alpha value is -3.67. The van der Waals surface area contributed by atoms with Gasteiger partial charge in [0.15, 0.2) is 0 Å². The van der Waals surface area contributed by atoms with Crippen LogP contribution in [-0.4, -0.2) is 22.5 Å². The summed E-state index contributed by atoms with van der Waals surface area (Å²) in [7, 11) is 1.78. The van der Waals surface area contributed by atoms with E-state index >= 15 is 0 Å². The molecule has 0 radical (unpaired) electrons. The Balaban J connectivity index is 1.69. The van der Waals surface area contributed by atoms with Crippen molar-refractivity contribution in [2.24, 2.45) is 0 Å². The van der Waals surface area contributed by atoms with Crippen molar-refractivity contribution in [3.05, 3.63) is 90.0 Å². The molecule has 6 heteroatoms. The van der Waals surface area contributed by atoms with Gasteiger partial charge in [0.05, 0.1) is 11.9 Å². The highest BCUT2D eigenvalue weighted by Gasteiger charge is 2.16. The van der Waals surface area contributed by atoms with Gasteiger partial charge in [0, 0.05) is 24.5 Å². The lowest BCUT2D eigenvalue weighted by atomic mass is 10.2. The Morgan fingerprint density at radius 2 is 1.93 bits per heavy atom. The first-order valence-corrected chi connectivity index (χ1v) is 8.92. The highest BCUT2D eigenvalue weighted by Crippen LogP contribution is 2.23. The zero-order valence-corrected chi connectivity index (χ0v) is 15.3. The zero-order valence-electron chi connectivity index (χ0n) is 15.3. The summed E-state index contributed by atoms with van der Waals surface area (Å²) in [6.07, 6.45) is 1.60. The highest BCUT2D eigenvalue weighted by atomic mass is 19.1. The summed E-state index contributed by atoms with van der Waals surface area (Å²) in [5, 5.41) is 6.77. The van der Waals surface area contributed by atoms with Crippen LogP contribution in [0.25, 0.3) is 10.9 Å². The van der Waals surface area contributed by atoms with Crippen LogP contribution >= 0.6 is 0 Å². The molecule has 4 rings (SSSR count). The second-order valence-corrected chi connectivity index (χ2v) is 6.44. The molecule has 5 nitrogen and oxygen atoms in total. The Morgan fingerprint density at radius 1 is 1.07 bits per heavy atom. The van der Waals surface area contributed by atoms with E-state index in [2.05, 4.69) is 15.6 Å². The minimum Gasteiger partial charge on any atom is -0.373 e. The molecular weight excluding hydrogens is 355 g/mol. The summed E-state index contributed by atoms with van der Waals surface area (Å²) in [6.45, 7) is 0.394. The summed E-state index contributed by atoms with van der Waals surface area (Å²) in [6, 6.07) is 19.6. The van der Waals surface area contributed by atoms with Gasteiger partial charge < -0.3 is 15.2 Å².